The monoisotopic (exact) mass is 273 g/mol. The van der Waals surface area contributed by atoms with Gasteiger partial charge in [-0.25, -0.2) is 0 Å². The highest BCUT2D eigenvalue weighted by atomic mass is 35.5. The van der Waals surface area contributed by atoms with Crippen LogP contribution in [0.15, 0.2) is 12.1 Å². The Bertz CT molecular complexity index is 392. The van der Waals surface area contributed by atoms with E-state index in [1.165, 1.54) is 13.2 Å². The zero-order valence-electron chi connectivity index (χ0n) is 11.0. The Morgan fingerprint density at radius 3 is 2.39 bits per heavy atom. The first kappa shape index (κ1) is 16.7. The number of carbonyl (C=O) groups excluding carboxylic acids is 1. The van der Waals surface area contributed by atoms with Gasteiger partial charge >= 0.3 is 0 Å². The summed E-state index contributed by atoms with van der Waals surface area (Å²) in [5.74, 6) is 0.460. The topological polar surface area (TPSA) is 49.8 Å². The molecule has 102 valence electrons. The largest absolute Gasteiger partial charge is 0.504 e. The molecule has 0 heterocycles. The molecular weight excluding hydrogens is 254 g/mol. The molecule has 0 fully saturated rings. The molecule has 4 nitrogen and oxygen atoms in total. The summed E-state index contributed by atoms with van der Waals surface area (Å²) in [4.78, 5) is 13.0. The van der Waals surface area contributed by atoms with Gasteiger partial charge in [0.05, 0.1) is 7.11 Å². The molecule has 5 heteroatoms. The second-order valence-corrected chi connectivity index (χ2v) is 3.81. The maximum atomic E-state index is 10.8. The highest BCUT2D eigenvalue weighted by Gasteiger charge is 2.12. The number of benzene rings is 1. The van der Waals surface area contributed by atoms with Gasteiger partial charge in [0.1, 0.15) is 6.29 Å². The van der Waals surface area contributed by atoms with Crippen molar-refractivity contribution < 1.29 is 14.6 Å². The lowest BCUT2D eigenvalue weighted by Crippen LogP contribution is -2.22. The van der Waals surface area contributed by atoms with Crippen molar-refractivity contribution in [1.82, 2.24) is 4.90 Å². The van der Waals surface area contributed by atoms with Gasteiger partial charge in [0.2, 0.25) is 0 Å². The van der Waals surface area contributed by atoms with Crippen LogP contribution in [0, 0.1) is 0 Å². The van der Waals surface area contributed by atoms with E-state index in [1.807, 2.05) is 0 Å². The quantitative estimate of drug-likeness (QED) is 0.809. The van der Waals surface area contributed by atoms with Gasteiger partial charge in [0.25, 0.3) is 0 Å². The minimum absolute atomic E-state index is 0. The van der Waals surface area contributed by atoms with Crippen LogP contribution in [0.1, 0.15) is 29.8 Å². The van der Waals surface area contributed by atoms with E-state index in [4.69, 9.17) is 4.74 Å². The molecule has 0 bridgehead atoms. The van der Waals surface area contributed by atoms with Gasteiger partial charge in [-0.05, 0) is 25.2 Å². The third-order valence-corrected chi connectivity index (χ3v) is 2.82. The van der Waals surface area contributed by atoms with Crippen LogP contribution < -0.4 is 4.74 Å². The summed E-state index contributed by atoms with van der Waals surface area (Å²) in [5.41, 5.74) is 1.23. The van der Waals surface area contributed by atoms with Crippen molar-refractivity contribution in [1.29, 1.82) is 0 Å². The van der Waals surface area contributed by atoms with Gasteiger partial charge in [-0.15, -0.1) is 12.4 Å². The van der Waals surface area contributed by atoms with E-state index >= 15 is 0 Å². The number of halogens is 1. The normalized spacial score (nSPS) is 10.0. The van der Waals surface area contributed by atoms with Crippen LogP contribution in [0.3, 0.4) is 0 Å². The van der Waals surface area contributed by atoms with Crippen LogP contribution in [0.5, 0.6) is 11.5 Å². The molecule has 0 saturated carbocycles. The summed E-state index contributed by atoms with van der Waals surface area (Å²) in [6.07, 6.45) is 0.758. The lowest BCUT2D eigenvalue weighted by molar-refractivity contribution is 0.112. The predicted molar refractivity (Wildman–Crippen MR) is 73.9 cm³/mol. The number of phenolic OH excluding ortho intramolecular Hbond substituents is 1. The molecule has 1 N–H and O–H groups in total. The second-order valence-electron chi connectivity index (χ2n) is 3.81. The highest BCUT2D eigenvalue weighted by Crippen LogP contribution is 2.31. The maximum Gasteiger partial charge on any atom is 0.162 e. The Morgan fingerprint density at radius 2 is 1.94 bits per heavy atom. The molecule has 1 aromatic rings. The summed E-state index contributed by atoms with van der Waals surface area (Å²) < 4.78 is 5.05. The first-order valence-electron chi connectivity index (χ1n) is 5.73. The van der Waals surface area contributed by atoms with Crippen LogP contribution in [0.4, 0.5) is 0 Å². The summed E-state index contributed by atoms with van der Waals surface area (Å²) in [6.45, 7) is 6.51. The predicted octanol–water partition coefficient (Wildman–Crippen LogP) is 2.48. The molecule has 0 saturated heterocycles. The van der Waals surface area contributed by atoms with Crippen molar-refractivity contribution in [3.8, 4) is 11.5 Å². The maximum absolute atomic E-state index is 10.8. The second kappa shape index (κ2) is 7.95. The van der Waals surface area contributed by atoms with E-state index in [-0.39, 0.29) is 18.2 Å². The van der Waals surface area contributed by atoms with E-state index < -0.39 is 0 Å². The zero-order valence-corrected chi connectivity index (χ0v) is 11.8. The highest BCUT2D eigenvalue weighted by molar-refractivity contribution is 5.85. The Balaban J connectivity index is 0.00000289. The van der Waals surface area contributed by atoms with E-state index in [1.54, 1.807) is 6.07 Å². The molecule has 0 aliphatic rings. The number of phenols is 1. The first-order valence-corrected chi connectivity index (χ1v) is 5.73. The Morgan fingerprint density at radius 1 is 1.33 bits per heavy atom. The van der Waals surface area contributed by atoms with Crippen molar-refractivity contribution in [3.63, 3.8) is 0 Å². The standard InChI is InChI=1S/C13H19NO3.ClH/c1-4-14(5-2)8-11-6-10(9-15)7-12(17-3)13(11)16;/h6-7,9,16H,4-5,8H2,1-3H3;1H. The third kappa shape index (κ3) is 3.89. The van der Waals surface area contributed by atoms with Crippen molar-refractivity contribution in [2.45, 2.75) is 20.4 Å². The van der Waals surface area contributed by atoms with Gasteiger partial charge in [-0.2, -0.15) is 0 Å². The number of methoxy groups -OCH3 is 1. The number of aldehydes is 1. The number of hydrogen-bond donors (Lipinski definition) is 1. The molecular formula is C13H20ClNO3. The molecule has 0 aromatic heterocycles. The van der Waals surface area contributed by atoms with Crippen LogP contribution in [-0.2, 0) is 6.54 Å². The number of rotatable bonds is 6. The summed E-state index contributed by atoms with van der Waals surface area (Å²) in [6, 6.07) is 3.23. The van der Waals surface area contributed by atoms with Crippen molar-refractivity contribution in [3.05, 3.63) is 23.3 Å². The lowest BCUT2D eigenvalue weighted by Gasteiger charge is -2.19. The van der Waals surface area contributed by atoms with Crippen LogP contribution in [0.25, 0.3) is 0 Å². The summed E-state index contributed by atoms with van der Waals surface area (Å²) in [7, 11) is 1.48. The fourth-order valence-electron chi connectivity index (χ4n) is 1.72. The average molecular weight is 274 g/mol. The Labute approximate surface area is 114 Å². The molecule has 18 heavy (non-hydrogen) atoms. The SMILES string of the molecule is CCN(CC)Cc1cc(C=O)cc(OC)c1O.Cl. The number of hydrogen-bond acceptors (Lipinski definition) is 4. The van der Waals surface area contributed by atoms with E-state index in [0.717, 1.165) is 24.9 Å². The van der Waals surface area contributed by atoms with Gasteiger partial charge < -0.3 is 9.84 Å². The Kier molecular flexibility index (Phi) is 7.39. The van der Waals surface area contributed by atoms with Crippen LogP contribution >= 0.6 is 12.4 Å². The number of carbonyl (C=O) groups is 1. The smallest absolute Gasteiger partial charge is 0.162 e. The minimum Gasteiger partial charge on any atom is -0.504 e. The molecule has 0 aliphatic carbocycles. The molecule has 0 unspecified atom stereocenters. The lowest BCUT2D eigenvalue weighted by atomic mass is 10.1. The molecule has 1 rings (SSSR count). The van der Waals surface area contributed by atoms with Crippen molar-refractivity contribution in [2.75, 3.05) is 20.2 Å². The summed E-state index contributed by atoms with van der Waals surface area (Å²) in [5, 5.41) is 9.98. The van der Waals surface area contributed by atoms with E-state index in [9.17, 15) is 9.90 Å². The Hall–Kier alpha value is -1.26. The van der Waals surface area contributed by atoms with Gasteiger partial charge in [0, 0.05) is 17.7 Å². The molecule has 0 aliphatic heterocycles. The fourth-order valence-corrected chi connectivity index (χ4v) is 1.72. The fraction of sp³-hybridized carbons (Fsp3) is 0.462. The van der Waals surface area contributed by atoms with Crippen molar-refractivity contribution in [2.24, 2.45) is 0 Å². The number of aromatic hydroxyl groups is 1. The molecule has 0 atom stereocenters. The molecule has 0 radical (unpaired) electrons. The van der Waals surface area contributed by atoms with E-state index in [0.29, 0.717) is 17.9 Å². The van der Waals surface area contributed by atoms with Gasteiger partial charge in [0.15, 0.2) is 11.5 Å². The van der Waals surface area contributed by atoms with Crippen molar-refractivity contribution >= 4 is 18.7 Å². The average Bonchev–Trinajstić information content (AvgIpc) is 2.37. The van der Waals surface area contributed by atoms with Gasteiger partial charge in [-0.3, -0.25) is 9.69 Å². The van der Waals surface area contributed by atoms with Crippen LogP contribution in [-0.4, -0.2) is 36.5 Å². The minimum atomic E-state index is 0. The first-order chi connectivity index (χ1) is 8.15. The van der Waals surface area contributed by atoms with Gasteiger partial charge in [-0.1, -0.05) is 13.8 Å². The molecule has 1 aromatic carbocycles. The van der Waals surface area contributed by atoms with Crippen LogP contribution in [0.2, 0.25) is 0 Å². The zero-order chi connectivity index (χ0) is 12.8. The third-order valence-electron chi connectivity index (χ3n) is 2.82. The molecule has 0 amide bonds. The molecule has 0 spiro atoms. The summed E-state index contributed by atoms with van der Waals surface area (Å²) >= 11 is 0. The van der Waals surface area contributed by atoms with E-state index in [2.05, 4.69) is 18.7 Å². The number of ether oxygens (including phenoxy) is 1. The number of nitrogens with zero attached hydrogens (tertiary/aromatic N) is 1.